The van der Waals surface area contributed by atoms with E-state index in [1.165, 1.54) is 12.1 Å². The number of anilines is 1. The summed E-state index contributed by atoms with van der Waals surface area (Å²) < 4.78 is 24.6. The molecule has 0 radical (unpaired) electrons. The lowest BCUT2D eigenvalue weighted by Crippen LogP contribution is -2.48. The zero-order chi connectivity index (χ0) is 16.1. The first kappa shape index (κ1) is 16.4. The van der Waals surface area contributed by atoms with Crippen LogP contribution in [0.5, 0.6) is 0 Å². The van der Waals surface area contributed by atoms with Crippen LogP contribution in [-0.2, 0) is 14.3 Å². The molecule has 2 aliphatic rings. The van der Waals surface area contributed by atoms with Gasteiger partial charge in [0.1, 0.15) is 5.82 Å². The molecule has 23 heavy (non-hydrogen) atoms. The van der Waals surface area contributed by atoms with Gasteiger partial charge in [0.2, 0.25) is 5.91 Å². The predicted molar refractivity (Wildman–Crippen MR) is 84.8 cm³/mol. The second-order valence-corrected chi connectivity index (χ2v) is 6.07. The highest BCUT2D eigenvalue weighted by Gasteiger charge is 2.31. The van der Waals surface area contributed by atoms with Crippen LogP contribution in [0.4, 0.5) is 10.1 Å². The lowest BCUT2D eigenvalue weighted by molar-refractivity contribution is -0.118. The van der Waals surface area contributed by atoms with Crippen molar-refractivity contribution in [2.75, 3.05) is 38.2 Å². The molecular formula is C17H23FN2O3. The van der Waals surface area contributed by atoms with Crippen molar-refractivity contribution in [1.82, 2.24) is 4.90 Å². The third-order valence-corrected chi connectivity index (χ3v) is 4.32. The second kappa shape index (κ2) is 7.86. The molecule has 0 saturated carbocycles. The van der Waals surface area contributed by atoms with E-state index in [0.717, 1.165) is 32.5 Å². The SMILES string of the molecule is O=C(CCN1CCO[C@@H]([C@H]2CCCO2)C1)Nc1cccc(F)c1. The van der Waals surface area contributed by atoms with E-state index in [-0.39, 0.29) is 23.9 Å². The van der Waals surface area contributed by atoms with Gasteiger partial charge in [-0.3, -0.25) is 9.69 Å². The molecule has 1 aromatic carbocycles. The lowest BCUT2D eigenvalue weighted by atomic mass is 10.1. The first-order valence-electron chi connectivity index (χ1n) is 8.22. The van der Waals surface area contributed by atoms with Crippen LogP contribution >= 0.6 is 0 Å². The van der Waals surface area contributed by atoms with Crippen LogP contribution in [0.15, 0.2) is 24.3 Å². The minimum absolute atomic E-state index is 0.101. The number of benzene rings is 1. The molecule has 5 nitrogen and oxygen atoms in total. The van der Waals surface area contributed by atoms with Gasteiger partial charge in [-0.15, -0.1) is 0 Å². The van der Waals surface area contributed by atoms with Crippen LogP contribution in [-0.4, -0.2) is 55.9 Å². The Morgan fingerprint density at radius 3 is 2.96 bits per heavy atom. The van der Waals surface area contributed by atoms with Gasteiger partial charge >= 0.3 is 0 Å². The average molecular weight is 322 g/mol. The van der Waals surface area contributed by atoms with Crippen LogP contribution in [0, 0.1) is 5.82 Å². The van der Waals surface area contributed by atoms with Crippen molar-refractivity contribution in [2.24, 2.45) is 0 Å². The first-order valence-corrected chi connectivity index (χ1v) is 8.22. The number of carbonyl (C=O) groups is 1. The molecular weight excluding hydrogens is 299 g/mol. The summed E-state index contributed by atoms with van der Waals surface area (Å²) in [6, 6.07) is 5.94. The number of rotatable bonds is 5. The Hall–Kier alpha value is -1.50. The summed E-state index contributed by atoms with van der Waals surface area (Å²) in [5.74, 6) is -0.453. The number of hydrogen-bond acceptors (Lipinski definition) is 4. The zero-order valence-corrected chi connectivity index (χ0v) is 13.2. The summed E-state index contributed by atoms with van der Waals surface area (Å²) in [6.45, 7) is 3.80. The molecule has 0 aliphatic carbocycles. The molecule has 0 spiro atoms. The molecule has 2 saturated heterocycles. The van der Waals surface area contributed by atoms with Crippen molar-refractivity contribution in [3.63, 3.8) is 0 Å². The fourth-order valence-corrected chi connectivity index (χ4v) is 3.10. The third kappa shape index (κ3) is 4.73. The van der Waals surface area contributed by atoms with Crippen molar-refractivity contribution in [1.29, 1.82) is 0 Å². The minimum atomic E-state index is -0.351. The molecule has 2 atom stereocenters. The zero-order valence-electron chi connectivity index (χ0n) is 13.2. The average Bonchev–Trinajstić information content (AvgIpc) is 3.08. The fraction of sp³-hybridized carbons (Fsp3) is 0.588. The molecule has 1 aromatic rings. The molecule has 126 valence electrons. The Balaban J connectivity index is 1.43. The standard InChI is InChI=1S/C17H23FN2O3/c18-13-3-1-4-14(11-13)19-17(21)6-7-20-8-10-23-16(12-20)15-5-2-9-22-15/h1,3-4,11,15-16H,2,5-10,12H2,(H,19,21)/t15-,16-/m1/s1. The Kier molecular flexibility index (Phi) is 5.59. The maximum absolute atomic E-state index is 13.1. The van der Waals surface area contributed by atoms with Gasteiger partial charge in [-0.1, -0.05) is 6.07 Å². The molecule has 2 aliphatic heterocycles. The van der Waals surface area contributed by atoms with E-state index in [0.29, 0.717) is 25.3 Å². The summed E-state index contributed by atoms with van der Waals surface area (Å²) in [6.07, 6.45) is 2.84. The van der Waals surface area contributed by atoms with Crippen molar-refractivity contribution in [3.8, 4) is 0 Å². The molecule has 6 heteroatoms. The molecule has 3 rings (SSSR count). The van der Waals surface area contributed by atoms with Gasteiger partial charge in [-0.2, -0.15) is 0 Å². The van der Waals surface area contributed by atoms with Crippen LogP contribution in [0.25, 0.3) is 0 Å². The number of amides is 1. The highest BCUT2D eigenvalue weighted by Crippen LogP contribution is 2.21. The fourth-order valence-electron chi connectivity index (χ4n) is 3.10. The first-order chi connectivity index (χ1) is 11.2. The van der Waals surface area contributed by atoms with Gasteiger partial charge in [-0.25, -0.2) is 4.39 Å². The topological polar surface area (TPSA) is 50.8 Å². The van der Waals surface area contributed by atoms with E-state index in [2.05, 4.69) is 10.2 Å². The number of ether oxygens (including phenoxy) is 2. The quantitative estimate of drug-likeness (QED) is 0.901. The summed E-state index contributed by atoms with van der Waals surface area (Å²) in [5.41, 5.74) is 0.495. The van der Waals surface area contributed by atoms with Gasteiger partial charge in [0, 0.05) is 38.3 Å². The smallest absolute Gasteiger partial charge is 0.225 e. The van der Waals surface area contributed by atoms with Crippen LogP contribution in [0.3, 0.4) is 0 Å². The number of nitrogens with one attached hydrogen (secondary N) is 1. The van der Waals surface area contributed by atoms with E-state index >= 15 is 0 Å². The van der Waals surface area contributed by atoms with Gasteiger partial charge in [0.15, 0.2) is 0 Å². The van der Waals surface area contributed by atoms with Crippen molar-refractivity contribution in [2.45, 2.75) is 31.5 Å². The highest BCUT2D eigenvalue weighted by molar-refractivity contribution is 5.90. The number of morpholine rings is 1. The Morgan fingerprint density at radius 1 is 1.30 bits per heavy atom. The molecule has 0 aromatic heterocycles. The second-order valence-electron chi connectivity index (χ2n) is 6.07. The van der Waals surface area contributed by atoms with E-state index in [9.17, 15) is 9.18 Å². The van der Waals surface area contributed by atoms with Gasteiger partial charge < -0.3 is 14.8 Å². The maximum atomic E-state index is 13.1. The summed E-state index contributed by atoms with van der Waals surface area (Å²) in [4.78, 5) is 14.2. The van der Waals surface area contributed by atoms with E-state index in [1.54, 1.807) is 12.1 Å². The largest absolute Gasteiger partial charge is 0.375 e. The predicted octanol–water partition coefficient (Wildman–Crippen LogP) is 2.03. The van der Waals surface area contributed by atoms with E-state index in [4.69, 9.17) is 9.47 Å². The molecule has 1 N–H and O–H groups in total. The molecule has 2 heterocycles. The monoisotopic (exact) mass is 322 g/mol. The number of halogens is 1. The van der Waals surface area contributed by atoms with Crippen molar-refractivity contribution >= 4 is 11.6 Å². The summed E-state index contributed by atoms with van der Waals surface area (Å²) in [5, 5.41) is 2.73. The summed E-state index contributed by atoms with van der Waals surface area (Å²) >= 11 is 0. The van der Waals surface area contributed by atoms with Gasteiger partial charge in [-0.05, 0) is 31.0 Å². The molecule has 0 unspecified atom stereocenters. The summed E-state index contributed by atoms with van der Waals surface area (Å²) in [7, 11) is 0. The lowest BCUT2D eigenvalue weighted by Gasteiger charge is -2.35. The minimum Gasteiger partial charge on any atom is -0.375 e. The Morgan fingerprint density at radius 2 is 2.17 bits per heavy atom. The number of carbonyl (C=O) groups excluding carboxylic acids is 1. The van der Waals surface area contributed by atoms with Gasteiger partial charge in [0.05, 0.1) is 18.8 Å². The number of nitrogens with zero attached hydrogens (tertiary/aromatic N) is 1. The third-order valence-electron chi connectivity index (χ3n) is 4.32. The Labute approximate surface area is 135 Å². The molecule has 2 fully saturated rings. The van der Waals surface area contributed by atoms with Crippen molar-refractivity contribution < 1.29 is 18.7 Å². The van der Waals surface area contributed by atoms with E-state index < -0.39 is 0 Å². The Bertz CT molecular complexity index is 534. The maximum Gasteiger partial charge on any atom is 0.225 e. The van der Waals surface area contributed by atoms with Gasteiger partial charge in [0.25, 0.3) is 0 Å². The number of hydrogen-bond donors (Lipinski definition) is 1. The van der Waals surface area contributed by atoms with Crippen LogP contribution in [0.1, 0.15) is 19.3 Å². The molecule has 0 bridgehead atoms. The van der Waals surface area contributed by atoms with Crippen LogP contribution < -0.4 is 5.32 Å². The normalized spacial score (nSPS) is 25.4. The van der Waals surface area contributed by atoms with E-state index in [1.807, 2.05) is 0 Å². The highest BCUT2D eigenvalue weighted by atomic mass is 19.1. The van der Waals surface area contributed by atoms with Crippen molar-refractivity contribution in [3.05, 3.63) is 30.1 Å². The molecule has 1 amide bonds. The van der Waals surface area contributed by atoms with Crippen LogP contribution in [0.2, 0.25) is 0 Å².